The van der Waals surface area contributed by atoms with Crippen LogP contribution in [0, 0.1) is 6.92 Å². The number of nitrogen functional groups attached to an aromatic ring is 1. The molecule has 3 aromatic heterocycles. The van der Waals surface area contributed by atoms with Crippen molar-refractivity contribution in [3.05, 3.63) is 48.5 Å². The number of halogens is 2. The Morgan fingerprint density at radius 1 is 1.04 bits per heavy atom. The van der Waals surface area contributed by atoms with Gasteiger partial charge in [-0.1, -0.05) is 0 Å². The van der Waals surface area contributed by atoms with Crippen molar-refractivity contribution in [2.45, 2.75) is 13.2 Å². The number of alkyl halides is 2. The fourth-order valence-electron chi connectivity index (χ4n) is 3.29. The van der Waals surface area contributed by atoms with Gasteiger partial charge in [-0.2, -0.15) is 0 Å². The molecule has 0 unspecified atom stereocenters. The van der Waals surface area contributed by atoms with Crippen molar-refractivity contribution >= 4 is 16.9 Å². The van der Waals surface area contributed by atoms with Gasteiger partial charge < -0.3 is 20.2 Å². The second kappa shape index (κ2) is 5.62. The first-order chi connectivity index (χ1) is 13.4. The maximum Gasteiger partial charge on any atom is 0.586 e. The summed E-state index contributed by atoms with van der Waals surface area (Å²) >= 11 is 0. The Kier molecular flexibility index (Phi) is 3.30. The summed E-state index contributed by atoms with van der Waals surface area (Å²) < 4.78 is 35.8. The van der Waals surface area contributed by atoms with Crippen LogP contribution in [0.1, 0.15) is 5.82 Å². The van der Waals surface area contributed by atoms with Crippen molar-refractivity contribution in [2.24, 2.45) is 0 Å². The van der Waals surface area contributed by atoms with Gasteiger partial charge in [-0.25, -0.2) is 15.0 Å². The number of benzene rings is 1. The first-order valence-electron chi connectivity index (χ1n) is 8.37. The van der Waals surface area contributed by atoms with Gasteiger partial charge >= 0.3 is 6.29 Å². The third kappa shape index (κ3) is 2.59. The standard InChI is InChI=1S/C19H13F2N5O2/c1-9-25-17(11-2-3-13-14(6-11)28-19(20,21)27-13)16-12(8-24-18(16)26-9)10-4-5-23-15(22)7-10/h2-8H,1H3,(H2,22,23)(H,24,25,26). The molecule has 0 fully saturated rings. The second-order valence-electron chi connectivity index (χ2n) is 6.34. The molecule has 4 aromatic rings. The van der Waals surface area contributed by atoms with Crippen molar-refractivity contribution in [3.63, 3.8) is 0 Å². The quantitative estimate of drug-likeness (QED) is 0.546. The normalized spacial score (nSPS) is 14.5. The van der Waals surface area contributed by atoms with E-state index in [4.69, 9.17) is 5.73 Å². The van der Waals surface area contributed by atoms with Gasteiger partial charge in [0, 0.05) is 23.5 Å². The lowest BCUT2D eigenvalue weighted by Gasteiger charge is -2.08. The predicted molar refractivity (Wildman–Crippen MR) is 97.9 cm³/mol. The third-order valence-corrected chi connectivity index (χ3v) is 4.41. The lowest BCUT2D eigenvalue weighted by molar-refractivity contribution is -0.286. The molecular formula is C19H13F2N5O2. The molecule has 9 heteroatoms. The number of aromatic amines is 1. The summed E-state index contributed by atoms with van der Waals surface area (Å²) in [5, 5.41) is 0.738. The molecule has 0 saturated carbocycles. The SMILES string of the molecule is Cc1nc(-c2ccc3c(c2)OC(F)(F)O3)c2c(-c3ccnc(N)c3)c[nH]c2n1. The number of ether oxygens (including phenoxy) is 2. The number of hydrogen-bond acceptors (Lipinski definition) is 6. The number of nitrogens with one attached hydrogen (secondary N) is 1. The molecule has 0 spiro atoms. The number of fused-ring (bicyclic) bond motifs is 2. The van der Waals surface area contributed by atoms with Crippen LogP contribution in [-0.2, 0) is 0 Å². The summed E-state index contributed by atoms with van der Waals surface area (Å²) in [7, 11) is 0. The highest BCUT2D eigenvalue weighted by atomic mass is 19.3. The lowest BCUT2D eigenvalue weighted by atomic mass is 10.0. The van der Waals surface area contributed by atoms with Crippen molar-refractivity contribution in [1.29, 1.82) is 0 Å². The van der Waals surface area contributed by atoms with E-state index in [9.17, 15) is 8.78 Å². The Hall–Kier alpha value is -3.75. The average Bonchev–Trinajstić information content (AvgIpc) is 3.19. The average molecular weight is 381 g/mol. The van der Waals surface area contributed by atoms with Crippen molar-refractivity contribution in [1.82, 2.24) is 19.9 Å². The monoisotopic (exact) mass is 381 g/mol. The van der Waals surface area contributed by atoms with E-state index in [2.05, 4.69) is 29.4 Å². The highest BCUT2D eigenvalue weighted by Crippen LogP contribution is 2.44. The van der Waals surface area contributed by atoms with E-state index >= 15 is 0 Å². The Balaban J connectivity index is 1.73. The lowest BCUT2D eigenvalue weighted by Crippen LogP contribution is -2.25. The van der Waals surface area contributed by atoms with E-state index in [1.54, 1.807) is 31.5 Å². The number of pyridine rings is 1. The summed E-state index contributed by atoms with van der Waals surface area (Å²) in [6.45, 7) is 1.76. The van der Waals surface area contributed by atoms with E-state index < -0.39 is 6.29 Å². The minimum absolute atomic E-state index is 0.0213. The van der Waals surface area contributed by atoms with Gasteiger partial charge in [0.05, 0.1) is 11.1 Å². The first-order valence-corrected chi connectivity index (χ1v) is 8.37. The third-order valence-electron chi connectivity index (χ3n) is 4.41. The van der Waals surface area contributed by atoms with Gasteiger partial charge in [0.15, 0.2) is 11.5 Å². The van der Waals surface area contributed by atoms with Crippen LogP contribution in [0.4, 0.5) is 14.6 Å². The van der Waals surface area contributed by atoms with Crippen LogP contribution in [0.2, 0.25) is 0 Å². The minimum atomic E-state index is -3.67. The van der Waals surface area contributed by atoms with E-state index in [1.165, 1.54) is 12.1 Å². The van der Waals surface area contributed by atoms with Gasteiger partial charge in [0.2, 0.25) is 0 Å². The molecule has 0 radical (unpaired) electrons. The zero-order valence-electron chi connectivity index (χ0n) is 14.5. The van der Waals surface area contributed by atoms with Crippen LogP contribution >= 0.6 is 0 Å². The van der Waals surface area contributed by atoms with Crippen molar-refractivity contribution < 1.29 is 18.3 Å². The van der Waals surface area contributed by atoms with Gasteiger partial charge in [-0.3, -0.25) is 0 Å². The Labute approximate surface area is 157 Å². The number of hydrogen-bond donors (Lipinski definition) is 2. The summed E-state index contributed by atoms with van der Waals surface area (Å²) in [6, 6.07) is 8.14. The smallest absolute Gasteiger partial charge is 0.395 e. The molecule has 5 rings (SSSR count). The van der Waals surface area contributed by atoms with E-state index in [0.717, 1.165) is 16.5 Å². The van der Waals surface area contributed by atoms with Crippen LogP contribution in [0.15, 0.2) is 42.7 Å². The molecule has 4 heterocycles. The van der Waals surface area contributed by atoms with Gasteiger partial charge in [0.25, 0.3) is 0 Å². The zero-order chi connectivity index (χ0) is 19.5. The van der Waals surface area contributed by atoms with Crippen molar-refractivity contribution in [3.8, 4) is 33.9 Å². The van der Waals surface area contributed by atoms with Gasteiger partial charge in [0.1, 0.15) is 17.3 Å². The topological polar surface area (TPSA) is 98.9 Å². The van der Waals surface area contributed by atoms with E-state index in [0.29, 0.717) is 28.5 Å². The molecule has 0 atom stereocenters. The second-order valence-corrected chi connectivity index (χ2v) is 6.34. The fraction of sp³-hybridized carbons (Fsp3) is 0.105. The highest BCUT2D eigenvalue weighted by Gasteiger charge is 2.43. The summed E-state index contributed by atoms with van der Waals surface area (Å²) in [6.07, 6.45) is -0.259. The predicted octanol–water partition coefficient (Wildman–Crippen LogP) is 3.90. The summed E-state index contributed by atoms with van der Waals surface area (Å²) in [5.74, 6) is 0.851. The van der Waals surface area contributed by atoms with Crippen LogP contribution in [0.5, 0.6) is 11.5 Å². The summed E-state index contributed by atoms with van der Waals surface area (Å²) in [5.41, 5.74) is 9.27. The minimum Gasteiger partial charge on any atom is -0.395 e. The number of aryl methyl sites for hydroxylation is 1. The number of H-pyrrole nitrogens is 1. The Bertz CT molecular complexity index is 1240. The Morgan fingerprint density at radius 3 is 2.68 bits per heavy atom. The number of anilines is 1. The molecule has 1 aliphatic heterocycles. The fourth-order valence-corrected chi connectivity index (χ4v) is 3.29. The molecule has 28 heavy (non-hydrogen) atoms. The maximum absolute atomic E-state index is 13.4. The number of rotatable bonds is 2. The summed E-state index contributed by atoms with van der Waals surface area (Å²) in [4.78, 5) is 16.1. The molecule has 3 N–H and O–H groups in total. The molecular weight excluding hydrogens is 368 g/mol. The van der Waals surface area contributed by atoms with Crippen LogP contribution < -0.4 is 15.2 Å². The number of aromatic nitrogens is 4. The van der Waals surface area contributed by atoms with Crippen LogP contribution in [0.3, 0.4) is 0 Å². The zero-order valence-corrected chi connectivity index (χ0v) is 14.5. The van der Waals surface area contributed by atoms with Gasteiger partial charge in [-0.15, -0.1) is 8.78 Å². The Morgan fingerprint density at radius 2 is 1.86 bits per heavy atom. The van der Waals surface area contributed by atoms with Gasteiger partial charge in [-0.05, 0) is 42.8 Å². The molecule has 1 aromatic carbocycles. The van der Waals surface area contributed by atoms with E-state index in [1.807, 2.05) is 6.07 Å². The largest absolute Gasteiger partial charge is 0.586 e. The number of nitrogens with zero attached hydrogens (tertiary/aromatic N) is 3. The van der Waals surface area contributed by atoms with Crippen molar-refractivity contribution in [2.75, 3.05) is 5.73 Å². The molecule has 140 valence electrons. The van der Waals surface area contributed by atoms with Crippen LogP contribution in [-0.4, -0.2) is 26.2 Å². The van der Waals surface area contributed by atoms with Crippen LogP contribution in [0.25, 0.3) is 33.4 Å². The molecule has 7 nitrogen and oxygen atoms in total. The van der Waals surface area contributed by atoms with E-state index in [-0.39, 0.29) is 11.5 Å². The molecule has 0 bridgehead atoms. The molecule has 1 aliphatic rings. The maximum atomic E-state index is 13.4. The first kappa shape index (κ1) is 16.4. The molecule has 0 saturated heterocycles. The number of nitrogens with two attached hydrogens (primary N) is 1. The highest BCUT2D eigenvalue weighted by molar-refractivity contribution is 6.03. The molecule has 0 aliphatic carbocycles. The molecule has 0 amide bonds.